The number of nitrogens with one attached hydrogen (secondary N) is 1. The second-order valence-corrected chi connectivity index (χ2v) is 12.9. The Bertz CT molecular complexity index is 1580. The monoisotopic (exact) mass is 677 g/mol. The number of methoxy groups -OCH3 is 1. The van der Waals surface area contributed by atoms with Crippen LogP contribution < -0.4 is 10.2 Å². The highest BCUT2D eigenvalue weighted by atomic mass is 35.5. The Morgan fingerprint density at radius 2 is 1.79 bits per heavy atom. The maximum Gasteiger partial charge on any atom is 0.313 e. The summed E-state index contributed by atoms with van der Waals surface area (Å²) in [6.45, 7) is 0.284. The smallest absolute Gasteiger partial charge is 0.313 e. The van der Waals surface area contributed by atoms with Gasteiger partial charge in [0.05, 0.1) is 35.4 Å². The Balaban J connectivity index is 1.45. The van der Waals surface area contributed by atoms with Crippen molar-refractivity contribution in [3.8, 4) is 0 Å². The van der Waals surface area contributed by atoms with E-state index in [1.54, 1.807) is 54.6 Å². The van der Waals surface area contributed by atoms with Crippen molar-refractivity contribution < 1.29 is 38.5 Å². The SMILES string of the molecule is COC[C@@H]1NC(=O)CC/C=C\CN(c2ccccc2Cl)C(=O)[C@H]2N(CCCCO)C(=O)[C@@H]3[C@@H](C(=O)O[C@H]1c1ccccc1)[C@H]1C=C[C@]32O1. The number of carbonyl (C=O) groups is 4. The fraction of sp³-hybridized carbons (Fsp3) is 0.444. The van der Waals surface area contributed by atoms with Crippen molar-refractivity contribution in [1.29, 1.82) is 0 Å². The lowest BCUT2D eigenvalue weighted by Gasteiger charge is -2.36. The van der Waals surface area contributed by atoms with Crippen molar-refractivity contribution >= 4 is 41.0 Å². The molecule has 4 aliphatic rings. The number of allylic oxidation sites excluding steroid dienone is 1. The molecule has 4 heterocycles. The molecule has 0 aliphatic carbocycles. The number of anilines is 1. The van der Waals surface area contributed by atoms with Gasteiger partial charge in [-0.25, -0.2) is 0 Å². The van der Waals surface area contributed by atoms with Gasteiger partial charge < -0.3 is 34.4 Å². The zero-order valence-corrected chi connectivity index (χ0v) is 27.5. The van der Waals surface area contributed by atoms with E-state index < -0.39 is 59.5 Å². The van der Waals surface area contributed by atoms with E-state index in [0.717, 1.165) is 0 Å². The van der Waals surface area contributed by atoms with E-state index in [1.165, 1.54) is 16.9 Å². The van der Waals surface area contributed by atoms with Crippen LogP contribution in [0.5, 0.6) is 0 Å². The molecule has 0 saturated carbocycles. The summed E-state index contributed by atoms with van der Waals surface area (Å²) in [5.41, 5.74) is -0.332. The number of aliphatic hydroxyl groups is 1. The van der Waals surface area contributed by atoms with Crippen molar-refractivity contribution in [1.82, 2.24) is 10.2 Å². The Morgan fingerprint density at radius 3 is 2.54 bits per heavy atom. The summed E-state index contributed by atoms with van der Waals surface area (Å²) < 4.78 is 18.2. The van der Waals surface area contributed by atoms with Gasteiger partial charge in [0.1, 0.15) is 23.7 Å². The summed E-state index contributed by atoms with van der Waals surface area (Å²) in [6, 6.07) is 14.2. The van der Waals surface area contributed by atoms with E-state index >= 15 is 0 Å². The molecule has 3 amide bonds. The molecule has 2 N–H and O–H groups in total. The summed E-state index contributed by atoms with van der Waals surface area (Å²) in [7, 11) is 1.50. The highest BCUT2D eigenvalue weighted by Gasteiger charge is 2.73. The normalized spacial score (nSPS) is 31.1. The Kier molecular flexibility index (Phi) is 10.3. The van der Waals surface area contributed by atoms with Crippen LogP contribution in [-0.4, -0.2) is 90.9 Å². The number of hydrogen-bond donors (Lipinski definition) is 2. The Labute approximate surface area is 284 Å². The summed E-state index contributed by atoms with van der Waals surface area (Å²) in [5, 5.41) is 12.9. The first kappa shape index (κ1) is 33.9. The molecule has 0 unspecified atom stereocenters. The third kappa shape index (κ3) is 6.27. The molecular formula is C36H40ClN3O8. The maximum absolute atomic E-state index is 14.8. The fourth-order valence-electron chi connectivity index (χ4n) is 7.38. The summed E-state index contributed by atoms with van der Waals surface area (Å²) in [6.07, 6.45) is 6.75. The third-order valence-corrected chi connectivity index (χ3v) is 9.84. The van der Waals surface area contributed by atoms with Crippen LogP contribution in [-0.2, 0) is 33.4 Å². The predicted octanol–water partition coefficient (Wildman–Crippen LogP) is 3.36. The highest BCUT2D eigenvalue weighted by molar-refractivity contribution is 6.34. The number of ether oxygens (including phenoxy) is 3. The van der Waals surface area contributed by atoms with E-state index in [9.17, 15) is 24.3 Å². The average molecular weight is 678 g/mol. The molecule has 254 valence electrons. The average Bonchev–Trinajstić information content (AvgIpc) is 3.73. The standard InChI is InChI=1S/C36H40ClN3O8/c1-46-22-25-31(23-12-4-2-5-13-23)47-35(45)29-27-17-18-36(48-27)30(29)33(43)40(20-10-11-21-41)32(36)34(44)39(26-15-8-7-14-24(26)37)19-9-3-6-16-28(42)38-25/h2-5,7-9,12-15,17-18,25,27,29-32,41H,6,10-11,16,19-22H2,1H3,(H,38,42)/b9-3-/t25-,27+,29-,30-,31-,32+,36-/m0/s1. The quantitative estimate of drug-likeness (QED) is 0.247. The number of likely N-dealkylation sites (tertiary alicyclic amines) is 1. The lowest BCUT2D eigenvalue weighted by Crippen LogP contribution is -2.56. The largest absolute Gasteiger partial charge is 0.455 e. The number of halogens is 1. The van der Waals surface area contributed by atoms with Gasteiger partial charge in [-0.1, -0.05) is 78.4 Å². The predicted molar refractivity (Wildman–Crippen MR) is 177 cm³/mol. The summed E-state index contributed by atoms with van der Waals surface area (Å²) in [4.78, 5) is 59.8. The van der Waals surface area contributed by atoms with Gasteiger partial charge in [-0.2, -0.15) is 0 Å². The minimum Gasteiger partial charge on any atom is -0.455 e. The molecule has 1 spiro atoms. The Morgan fingerprint density at radius 1 is 1.02 bits per heavy atom. The first-order valence-corrected chi connectivity index (χ1v) is 16.7. The number of para-hydroxylation sites is 1. The topological polar surface area (TPSA) is 135 Å². The number of esters is 1. The van der Waals surface area contributed by atoms with Crippen LogP contribution in [0.3, 0.4) is 0 Å². The van der Waals surface area contributed by atoms with Gasteiger partial charge in [-0.15, -0.1) is 0 Å². The number of nitrogens with zero attached hydrogens (tertiary/aromatic N) is 2. The van der Waals surface area contributed by atoms with Crippen molar-refractivity contribution in [3.63, 3.8) is 0 Å². The second kappa shape index (κ2) is 14.6. The molecule has 2 aromatic carbocycles. The Hall–Kier alpha value is -4.03. The third-order valence-electron chi connectivity index (χ3n) is 9.52. The number of fused-ring (bicyclic) bond motifs is 2. The first-order valence-electron chi connectivity index (χ1n) is 16.3. The van der Waals surface area contributed by atoms with E-state index in [4.69, 9.17) is 25.8 Å². The van der Waals surface area contributed by atoms with Crippen molar-refractivity contribution in [2.24, 2.45) is 11.8 Å². The molecule has 0 radical (unpaired) electrons. The van der Waals surface area contributed by atoms with Crippen LogP contribution in [0.1, 0.15) is 37.4 Å². The van der Waals surface area contributed by atoms with E-state index in [-0.39, 0.29) is 38.6 Å². The number of amides is 3. The van der Waals surface area contributed by atoms with Gasteiger partial charge in [0.2, 0.25) is 11.8 Å². The number of benzene rings is 2. The van der Waals surface area contributed by atoms with Gasteiger partial charge in [0, 0.05) is 33.2 Å². The molecule has 2 saturated heterocycles. The van der Waals surface area contributed by atoms with Gasteiger partial charge in [0.25, 0.3) is 5.91 Å². The van der Waals surface area contributed by atoms with Crippen LogP contribution in [0.4, 0.5) is 5.69 Å². The van der Waals surface area contributed by atoms with Crippen molar-refractivity contribution in [2.45, 2.75) is 55.6 Å². The van der Waals surface area contributed by atoms with E-state index in [1.807, 2.05) is 24.3 Å². The lowest BCUT2D eigenvalue weighted by atomic mass is 9.74. The molecule has 7 atom stereocenters. The van der Waals surface area contributed by atoms with E-state index in [0.29, 0.717) is 35.5 Å². The minimum atomic E-state index is -1.43. The number of hydrogen-bond acceptors (Lipinski definition) is 8. The summed E-state index contributed by atoms with van der Waals surface area (Å²) >= 11 is 6.62. The molecule has 0 aromatic heterocycles. The van der Waals surface area contributed by atoms with Gasteiger partial charge in [-0.3, -0.25) is 19.2 Å². The number of carbonyl (C=O) groups excluding carboxylic acids is 4. The number of cyclic esters (lactones) is 1. The highest BCUT2D eigenvalue weighted by Crippen LogP contribution is 2.56. The number of aliphatic hydroxyl groups excluding tert-OH is 1. The molecule has 12 heteroatoms. The molecule has 4 aliphatic heterocycles. The maximum atomic E-state index is 14.8. The zero-order valence-electron chi connectivity index (χ0n) is 26.7. The van der Waals surface area contributed by atoms with Gasteiger partial charge in [-0.05, 0) is 37.0 Å². The van der Waals surface area contributed by atoms with Crippen LogP contribution in [0.25, 0.3) is 0 Å². The van der Waals surface area contributed by atoms with Gasteiger partial charge in [0.15, 0.2) is 0 Å². The second-order valence-electron chi connectivity index (χ2n) is 12.5. The van der Waals surface area contributed by atoms with Crippen LogP contribution in [0.2, 0.25) is 5.02 Å². The molecule has 5 bridgehead atoms. The molecule has 2 fully saturated rings. The zero-order chi connectivity index (χ0) is 33.8. The van der Waals surface area contributed by atoms with E-state index in [2.05, 4.69) is 5.32 Å². The van der Waals surface area contributed by atoms with Crippen molar-refractivity contribution in [2.75, 3.05) is 38.3 Å². The number of unbranched alkanes of at least 4 members (excludes halogenated alkanes) is 1. The molecule has 11 nitrogen and oxygen atoms in total. The van der Waals surface area contributed by atoms with Crippen molar-refractivity contribution in [3.05, 3.63) is 89.5 Å². The van der Waals surface area contributed by atoms with Crippen LogP contribution >= 0.6 is 11.6 Å². The van der Waals surface area contributed by atoms with Crippen LogP contribution in [0, 0.1) is 11.8 Å². The molecule has 48 heavy (non-hydrogen) atoms. The summed E-state index contributed by atoms with van der Waals surface area (Å²) in [5.74, 6) is -3.83. The molecular weight excluding hydrogens is 638 g/mol. The molecule has 6 rings (SSSR count). The van der Waals surface area contributed by atoms with Gasteiger partial charge >= 0.3 is 5.97 Å². The lowest BCUT2D eigenvalue weighted by molar-refractivity contribution is -0.162. The number of rotatable bonds is 8. The minimum absolute atomic E-state index is 0.0627. The molecule has 2 aromatic rings. The van der Waals surface area contributed by atoms with Crippen LogP contribution in [0.15, 0.2) is 78.9 Å². The fourth-order valence-corrected chi connectivity index (χ4v) is 7.62. The first-order chi connectivity index (χ1) is 23.3.